The van der Waals surface area contributed by atoms with Crippen LogP contribution in [0.1, 0.15) is 41.6 Å². The highest BCUT2D eigenvalue weighted by Crippen LogP contribution is 2.27. The minimum Gasteiger partial charge on any atom is -0.488 e. The number of halogens is 1. The lowest BCUT2D eigenvalue weighted by Crippen LogP contribution is -2.35. The van der Waals surface area contributed by atoms with Crippen molar-refractivity contribution in [1.82, 2.24) is 15.3 Å². The van der Waals surface area contributed by atoms with Crippen LogP contribution in [0.25, 0.3) is 0 Å². The van der Waals surface area contributed by atoms with Crippen molar-refractivity contribution in [3.8, 4) is 5.75 Å². The van der Waals surface area contributed by atoms with Crippen molar-refractivity contribution in [1.29, 1.82) is 0 Å². The van der Waals surface area contributed by atoms with Crippen molar-refractivity contribution < 1.29 is 9.53 Å². The van der Waals surface area contributed by atoms with E-state index in [1.807, 2.05) is 38.1 Å². The first-order chi connectivity index (χ1) is 11.0. The second kappa shape index (κ2) is 6.54. The van der Waals surface area contributed by atoms with Gasteiger partial charge in [-0.15, -0.1) is 0 Å². The first-order valence-electron chi connectivity index (χ1n) is 7.59. The zero-order valence-electron chi connectivity index (χ0n) is 13.0. The predicted octanol–water partition coefficient (Wildman–Crippen LogP) is 2.99. The molecule has 5 nitrogen and oxygen atoms in total. The molecule has 0 saturated carbocycles. The molecule has 1 atom stereocenters. The van der Waals surface area contributed by atoms with Crippen LogP contribution in [0, 0.1) is 0 Å². The second-order valence-electron chi connectivity index (χ2n) is 5.84. The van der Waals surface area contributed by atoms with Crippen LogP contribution < -0.4 is 10.1 Å². The lowest BCUT2D eigenvalue weighted by atomic mass is 10.1. The summed E-state index contributed by atoms with van der Waals surface area (Å²) in [5, 5.41) is 3.10. The van der Waals surface area contributed by atoms with E-state index in [0.29, 0.717) is 12.4 Å². The molecule has 0 aliphatic carbocycles. The van der Waals surface area contributed by atoms with E-state index in [4.69, 9.17) is 16.3 Å². The highest BCUT2D eigenvalue weighted by molar-refractivity contribution is 6.33. The molecule has 1 N–H and O–H groups in total. The van der Waals surface area contributed by atoms with Gasteiger partial charge in [0.1, 0.15) is 23.4 Å². The third kappa shape index (κ3) is 3.45. The van der Waals surface area contributed by atoms with Gasteiger partial charge in [0.2, 0.25) is 0 Å². The molecule has 0 saturated heterocycles. The fourth-order valence-electron chi connectivity index (χ4n) is 2.48. The molecule has 0 spiro atoms. The Morgan fingerprint density at radius 3 is 2.96 bits per heavy atom. The standard InChI is InChI=1S/C17H18ClN3O2/c1-10(2)16-19-9-13(18)15(21-16)17(22)20-8-12-7-11-5-3-4-6-14(11)23-12/h3-6,9-10,12H,7-8H2,1-2H3,(H,20,22). The SMILES string of the molecule is CC(C)c1ncc(Cl)c(C(=O)NCC2Cc3ccccc3O2)n1. The van der Waals surface area contributed by atoms with Crippen LogP contribution in [0.4, 0.5) is 0 Å². The van der Waals surface area contributed by atoms with Crippen molar-refractivity contribution >= 4 is 17.5 Å². The number of carbonyl (C=O) groups excluding carboxylic acids is 1. The molecule has 0 fully saturated rings. The number of rotatable bonds is 4. The molecule has 2 heterocycles. The Morgan fingerprint density at radius 2 is 2.22 bits per heavy atom. The minimum atomic E-state index is -0.307. The highest BCUT2D eigenvalue weighted by Gasteiger charge is 2.23. The van der Waals surface area contributed by atoms with Crippen LogP contribution in [0.5, 0.6) is 5.75 Å². The van der Waals surface area contributed by atoms with Crippen molar-refractivity contribution in [3.63, 3.8) is 0 Å². The van der Waals surface area contributed by atoms with E-state index >= 15 is 0 Å². The van der Waals surface area contributed by atoms with Gasteiger partial charge in [0.05, 0.1) is 17.8 Å². The molecule has 120 valence electrons. The first kappa shape index (κ1) is 15.7. The molecular formula is C17H18ClN3O2. The molecule has 6 heteroatoms. The zero-order valence-corrected chi connectivity index (χ0v) is 13.8. The van der Waals surface area contributed by atoms with Crippen molar-refractivity contribution in [3.05, 3.63) is 52.6 Å². The van der Waals surface area contributed by atoms with Gasteiger partial charge < -0.3 is 10.1 Å². The summed E-state index contributed by atoms with van der Waals surface area (Å²) >= 11 is 6.05. The van der Waals surface area contributed by atoms with Gasteiger partial charge in [-0.3, -0.25) is 4.79 Å². The van der Waals surface area contributed by atoms with E-state index in [2.05, 4.69) is 15.3 Å². The third-order valence-electron chi connectivity index (χ3n) is 3.70. The number of amides is 1. The molecule has 1 aliphatic heterocycles. The normalized spacial score (nSPS) is 16.1. The average Bonchev–Trinajstić information content (AvgIpc) is 2.95. The second-order valence-corrected chi connectivity index (χ2v) is 6.25. The molecule has 23 heavy (non-hydrogen) atoms. The maximum Gasteiger partial charge on any atom is 0.271 e. The van der Waals surface area contributed by atoms with Gasteiger partial charge in [0, 0.05) is 12.3 Å². The molecule has 1 amide bonds. The molecule has 3 rings (SSSR count). The van der Waals surface area contributed by atoms with Gasteiger partial charge in [-0.05, 0) is 11.6 Å². The van der Waals surface area contributed by atoms with Gasteiger partial charge in [-0.25, -0.2) is 9.97 Å². The van der Waals surface area contributed by atoms with Crippen LogP contribution in [-0.2, 0) is 6.42 Å². The lowest BCUT2D eigenvalue weighted by Gasteiger charge is -2.13. The van der Waals surface area contributed by atoms with Crippen molar-refractivity contribution in [2.24, 2.45) is 0 Å². The van der Waals surface area contributed by atoms with Gasteiger partial charge in [-0.1, -0.05) is 43.6 Å². The first-order valence-corrected chi connectivity index (χ1v) is 7.97. The number of hydrogen-bond acceptors (Lipinski definition) is 4. The Hall–Kier alpha value is -2.14. The fraction of sp³-hybridized carbons (Fsp3) is 0.353. The van der Waals surface area contributed by atoms with Crippen molar-refractivity contribution in [2.75, 3.05) is 6.54 Å². The summed E-state index contributed by atoms with van der Waals surface area (Å²) in [6, 6.07) is 7.89. The Kier molecular flexibility index (Phi) is 4.48. The molecular weight excluding hydrogens is 314 g/mol. The Labute approximate surface area is 140 Å². The summed E-state index contributed by atoms with van der Waals surface area (Å²) in [7, 11) is 0. The van der Waals surface area contributed by atoms with Gasteiger partial charge >= 0.3 is 0 Å². The summed E-state index contributed by atoms with van der Waals surface area (Å²) in [5.74, 6) is 1.31. The number of nitrogens with one attached hydrogen (secondary N) is 1. The smallest absolute Gasteiger partial charge is 0.271 e. The summed E-state index contributed by atoms with van der Waals surface area (Å²) in [5.41, 5.74) is 1.37. The largest absolute Gasteiger partial charge is 0.488 e. The van der Waals surface area contributed by atoms with Gasteiger partial charge in [-0.2, -0.15) is 0 Å². The quantitative estimate of drug-likeness (QED) is 0.935. The Bertz CT molecular complexity index is 709. The summed E-state index contributed by atoms with van der Waals surface area (Å²) < 4.78 is 5.80. The Morgan fingerprint density at radius 1 is 1.43 bits per heavy atom. The molecule has 1 aliphatic rings. The molecule has 1 aromatic carbocycles. The molecule has 0 radical (unpaired) electrons. The average molecular weight is 332 g/mol. The lowest BCUT2D eigenvalue weighted by molar-refractivity contribution is 0.0928. The molecule has 0 bridgehead atoms. The third-order valence-corrected chi connectivity index (χ3v) is 3.97. The fourth-order valence-corrected chi connectivity index (χ4v) is 2.65. The number of aromatic nitrogens is 2. The van der Waals surface area contributed by atoms with Gasteiger partial charge in [0.25, 0.3) is 5.91 Å². The van der Waals surface area contributed by atoms with Crippen LogP contribution in [0.3, 0.4) is 0 Å². The van der Waals surface area contributed by atoms with E-state index in [-0.39, 0.29) is 28.6 Å². The van der Waals surface area contributed by atoms with Crippen LogP contribution in [-0.4, -0.2) is 28.5 Å². The highest BCUT2D eigenvalue weighted by atomic mass is 35.5. The van der Waals surface area contributed by atoms with E-state index in [9.17, 15) is 4.79 Å². The van der Waals surface area contributed by atoms with E-state index in [1.54, 1.807) is 0 Å². The number of hydrogen-bond donors (Lipinski definition) is 1. The summed E-state index contributed by atoms with van der Waals surface area (Å²) in [6.45, 7) is 4.34. The zero-order chi connectivity index (χ0) is 16.4. The van der Waals surface area contributed by atoms with E-state index in [1.165, 1.54) is 6.20 Å². The number of fused-ring (bicyclic) bond motifs is 1. The molecule has 2 aromatic rings. The number of carbonyl (C=O) groups is 1. The number of para-hydroxylation sites is 1. The monoisotopic (exact) mass is 331 g/mol. The van der Waals surface area contributed by atoms with Crippen molar-refractivity contribution in [2.45, 2.75) is 32.3 Å². The molecule has 1 aromatic heterocycles. The number of nitrogens with zero attached hydrogens (tertiary/aromatic N) is 2. The topological polar surface area (TPSA) is 64.1 Å². The van der Waals surface area contributed by atoms with E-state index < -0.39 is 0 Å². The summed E-state index contributed by atoms with van der Waals surface area (Å²) in [6.07, 6.45) is 2.19. The van der Waals surface area contributed by atoms with Crippen LogP contribution in [0.2, 0.25) is 5.02 Å². The number of benzene rings is 1. The van der Waals surface area contributed by atoms with Crippen LogP contribution in [0.15, 0.2) is 30.5 Å². The maximum atomic E-state index is 12.3. The number of ether oxygens (including phenoxy) is 1. The summed E-state index contributed by atoms with van der Waals surface area (Å²) in [4.78, 5) is 20.7. The van der Waals surface area contributed by atoms with Crippen LogP contribution >= 0.6 is 11.6 Å². The molecule has 1 unspecified atom stereocenters. The minimum absolute atomic E-state index is 0.0680. The van der Waals surface area contributed by atoms with Gasteiger partial charge in [0.15, 0.2) is 0 Å². The predicted molar refractivity (Wildman–Crippen MR) is 88.0 cm³/mol. The Balaban J connectivity index is 1.64. The maximum absolute atomic E-state index is 12.3. The van der Waals surface area contributed by atoms with E-state index in [0.717, 1.165) is 17.7 Å².